The lowest BCUT2D eigenvalue weighted by molar-refractivity contribution is 0.0512. The van der Waals surface area contributed by atoms with Crippen molar-refractivity contribution in [1.82, 2.24) is 0 Å². The molecule has 12 heavy (non-hydrogen) atoms. The molecule has 0 bridgehead atoms. The zero-order valence-corrected chi connectivity index (χ0v) is 6.87. The summed E-state index contributed by atoms with van der Waals surface area (Å²) in [6.45, 7) is 5.40. The molecule has 1 rings (SSSR count). The number of carbonyl (C=O) groups excluding carboxylic acids is 1. The van der Waals surface area contributed by atoms with E-state index >= 15 is 0 Å². The third-order valence-corrected chi connectivity index (χ3v) is 1.27. The Balaban J connectivity index is 2.59. The first-order valence-electron chi connectivity index (χ1n) is 3.58. The minimum absolute atomic E-state index is 0.207. The highest BCUT2D eigenvalue weighted by Gasteiger charge is 2.09. The lowest BCUT2D eigenvalue weighted by Crippen LogP contribution is -2.03. The first-order valence-corrected chi connectivity index (χ1v) is 3.58. The molecule has 0 unspecified atom stereocenters. The van der Waals surface area contributed by atoms with Crippen LogP contribution >= 0.6 is 0 Å². The van der Waals surface area contributed by atoms with Crippen molar-refractivity contribution in [3.05, 3.63) is 36.3 Å². The van der Waals surface area contributed by atoms with Gasteiger partial charge in [-0.05, 0) is 19.1 Å². The zero-order chi connectivity index (χ0) is 8.97. The highest BCUT2D eigenvalue weighted by Crippen LogP contribution is 2.07. The van der Waals surface area contributed by atoms with Crippen LogP contribution in [0.3, 0.4) is 0 Å². The molecule has 0 saturated carbocycles. The van der Waals surface area contributed by atoms with Crippen molar-refractivity contribution in [1.29, 1.82) is 0 Å². The van der Waals surface area contributed by atoms with Gasteiger partial charge in [0.2, 0.25) is 5.76 Å². The maximum Gasteiger partial charge on any atom is 0.374 e. The Hall–Kier alpha value is -1.51. The van der Waals surface area contributed by atoms with E-state index in [1.807, 2.05) is 0 Å². The average molecular weight is 166 g/mol. The standard InChI is InChI=1S/C9H10O3/c1-3-6-11-9(10)8-5-4-7(2)12-8/h3-5H,1,6H2,2H3. The molecule has 3 nitrogen and oxygen atoms in total. The van der Waals surface area contributed by atoms with E-state index in [0.29, 0.717) is 5.76 Å². The van der Waals surface area contributed by atoms with Gasteiger partial charge < -0.3 is 9.15 Å². The van der Waals surface area contributed by atoms with Gasteiger partial charge in [-0.15, -0.1) is 0 Å². The van der Waals surface area contributed by atoms with Crippen molar-refractivity contribution in [2.45, 2.75) is 6.92 Å². The van der Waals surface area contributed by atoms with Crippen LogP contribution in [-0.2, 0) is 4.74 Å². The van der Waals surface area contributed by atoms with Crippen LogP contribution in [0.2, 0.25) is 0 Å². The van der Waals surface area contributed by atoms with Crippen molar-refractivity contribution in [2.75, 3.05) is 6.61 Å². The second-order valence-corrected chi connectivity index (χ2v) is 2.30. The van der Waals surface area contributed by atoms with Crippen LogP contribution in [0.15, 0.2) is 29.2 Å². The minimum atomic E-state index is -0.456. The smallest absolute Gasteiger partial charge is 0.374 e. The second kappa shape index (κ2) is 3.76. The zero-order valence-electron chi connectivity index (χ0n) is 6.87. The monoisotopic (exact) mass is 166 g/mol. The number of aryl methyl sites for hydroxylation is 1. The number of rotatable bonds is 3. The molecule has 1 heterocycles. The Bertz CT molecular complexity index is 286. The molecule has 64 valence electrons. The van der Waals surface area contributed by atoms with Gasteiger partial charge in [-0.2, -0.15) is 0 Å². The predicted molar refractivity (Wildman–Crippen MR) is 43.9 cm³/mol. The van der Waals surface area contributed by atoms with Gasteiger partial charge in [-0.25, -0.2) is 4.79 Å². The number of esters is 1. The number of hydrogen-bond acceptors (Lipinski definition) is 3. The highest BCUT2D eigenvalue weighted by molar-refractivity contribution is 5.86. The Kier molecular flexibility index (Phi) is 2.69. The third-order valence-electron chi connectivity index (χ3n) is 1.27. The molecule has 3 heteroatoms. The summed E-state index contributed by atoms with van der Waals surface area (Å²) in [5.41, 5.74) is 0. The Morgan fingerprint density at radius 2 is 2.50 bits per heavy atom. The van der Waals surface area contributed by atoms with Crippen LogP contribution in [0, 0.1) is 6.92 Å². The summed E-state index contributed by atoms with van der Waals surface area (Å²) >= 11 is 0. The highest BCUT2D eigenvalue weighted by atomic mass is 16.5. The number of ether oxygens (including phenoxy) is 1. The van der Waals surface area contributed by atoms with Crippen molar-refractivity contribution in [3.63, 3.8) is 0 Å². The fourth-order valence-electron chi connectivity index (χ4n) is 0.750. The molecule has 0 amide bonds. The normalized spacial score (nSPS) is 9.42. The van der Waals surface area contributed by atoms with Crippen molar-refractivity contribution in [3.8, 4) is 0 Å². The molecule has 0 aromatic carbocycles. The summed E-state index contributed by atoms with van der Waals surface area (Å²) in [4.78, 5) is 11.1. The van der Waals surface area contributed by atoms with Gasteiger partial charge in [0.1, 0.15) is 12.4 Å². The lowest BCUT2D eigenvalue weighted by atomic mass is 10.4. The molecule has 1 aromatic heterocycles. The molecular formula is C9H10O3. The quantitative estimate of drug-likeness (QED) is 0.508. The van der Waals surface area contributed by atoms with E-state index in [2.05, 4.69) is 6.58 Å². The van der Waals surface area contributed by atoms with E-state index in [-0.39, 0.29) is 12.4 Å². The van der Waals surface area contributed by atoms with Gasteiger partial charge in [0.05, 0.1) is 0 Å². The molecular weight excluding hydrogens is 156 g/mol. The molecule has 0 atom stereocenters. The number of carbonyl (C=O) groups is 1. The molecule has 1 aromatic rings. The Labute approximate surface area is 70.6 Å². The topological polar surface area (TPSA) is 39.4 Å². The van der Waals surface area contributed by atoms with Gasteiger partial charge in [0, 0.05) is 0 Å². The SMILES string of the molecule is C=CCOC(=O)c1ccc(C)o1. The third kappa shape index (κ3) is 1.99. The van der Waals surface area contributed by atoms with E-state index in [4.69, 9.17) is 9.15 Å². The van der Waals surface area contributed by atoms with Gasteiger partial charge in [-0.1, -0.05) is 12.7 Å². The first kappa shape index (κ1) is 8.59. The molecule has 0 aliphatic carbocycles. The average Bonchev–Trinajstić information content (AvgIpc) is 2.47. The molecule has 0 N–H and O–H groups in total. The lowest BCUT2D eigenvalue weighted by Gasteiger charge is -1.96. The summed E-state index contributed by atoms with van der Waals surface area (Å²) in [7, 11) is 0. The van der Waals surface area contributed by atoms with E-state index in [1.54, 1.807) is 19.1 Å². The second-order valence-electron chi connectivity index (χ2n) is 2.30. The molecule has 0 fully saturated rings. The predicted octanol–water partition coefficient (Wildman–Crippen LogP) is 1.93. The fraction of sp³-hybridized carbons (Fsp3) is 0.222. The van der Waals surface area contributed by atoms with Gasteiger partial charge >= 0.3 is 5.97 Å². The first-order chi connectivity index (χ1) is 5.74. The summed E-state index contributed by atoms with van der Waals surface area (Å²) in [5.74, 6) is 0.470. The molecule has 0 radical (unpaired) electrons. The largest absolute Gasteiger partial charge is 0.456 e. The molecule has 0 aliphatic rings. The Morgan fingerprint density at radius 3 is 3.00 bits per heavy atom. The maximum absolute atomic E-state index is 11.1. The van der Waals surface area contributed by atoms with E-state index < -0.39 is 5.97 Å². The number of hydrogen-bond donors (Lipinski definition) is 0. The van der Waals surface area contributed by atoms with E-state index in [9.17, 15) is 4.79 Å². The van der Waals surface area contributed by atoms with E-state index in [1.165, 1.54) is 6.08 Å². The van der Waals surface area contributed by atoms with Crippen molar-refractivity contribution in [2.24, 2.45) is 0 Å². The van der Waals surface area contributed by atoms with Crippen LogP contribution in [0.5, 0.6) is 0 Å². The summed E-state index contributed by atoms with van der Waals surface area (Å²) in [6, 6.07) is 3.30. The summed E-state index contributed by atoms with van der Waals surface area (Å²) in [6.07, 6.45) is 1.51. The van der Waals surface area contributed by atoms with Crippen molar-refractivity contribution < 1.29 is 13.9 Å². The van der Waals surface area contributed by atoms with Gasteiger partial charge in [0.25, 0.3) is 0 Å². The van der Waals surface area contributed by atoms with Gasteiger partial charge in [-0.3, -0.25) is 0 Å². The van der Waals surface area contributed by atoms with Crippen molar-refractivity contribution >= 4 is 5.97 Å². The number of furan rings is 1. The molecule has 0 spiro atoms. The van der Waals surface area contributed by atoms with Crippen LogP contribution in [0.25, 0.3) is 0 Å². The van der Waals surface area contributed by atoms with Gasteiger partial charge in [0.15, 0.2) is 0 Å². The molecule has 0 saturated heterocycles. The van der Waals surface area contributed by atoms with Crippen LogP contribution in [0.4, 0.5) is 0 Å². The van der Waals surface area contributed by atoms with Crippen LogP contribution in [0.1, 0.15) is 16.3 Å². The fourth-order valence-corrected chi connectivity index (χ4v) is 0.750. The van der Waals surface area contributed by atoms with Crippen LogP contribution in [-0.4, -0.2) is 12.6 Å². The van der Waals surface area contributed by atoms with Crippen LogP contribution < -0.4 is 0 Å². The molecule has 0 aliphatic heterocycles. The maximum atomic E-state index is 11.1. The Morgan fingerprint density at radius 1 is 1.75 bits per heavy atom. The minimum Gasteiger partial charge on any atom is -0.456 e. The van der Waals surface area contributed by atoms with E-state index in [0.717, 1.165) is 0 Å². The summed E-state index contributed by atoms with van der Waals surface area (Å²) < 4.78 is 9.77. The summed E-state index contributed by atoms with van der Waals surface area (Å²) in [5, 5.41) is 0.